The summed E-state index contributed by atoms with van der Waals surface area (Å²) in [5, 5.41) is 3.30. The van der Waals surface area contributed by atoms with Crippen LogP contribution in [0.2, 0.25) is 0 Å². The molecule has 0 bridgehead atoms. The maximum Gasteiger partial charge on any atom is 0.410 e. The van der Waals surface area contributed by atoms with Gasteiger partial charge in [0.1, 0.15) is 10.6 Å². The highest BCUT2D eigenvalue weighted by Gasteiger charge is 2.31. The number of carbonyl (C=O) groups is 3. The van der Waals surface area contributed by atoms with Crippen molar-refractivity contribution in [3.05, 3.63) is 16.5 Å². The zero-order chi connectivity index (χ0) is 19.5. The first-order valence-electron chi connectivity index (χ1n) is 8.58. The minimum Gasteiger partial charge on any atom is -0.465 e. The van der Waals surface area contributed by atoms with E-state index in [1.807, 2.05) is 27.7 Å². The van der Waals surface area contributed by atoms with E-state index in [9.17, 15) is 14.4 Å². The van der Waals surface area contributed by atoms with E-state index < -0.39 is 17.7 Å². The summed E-state index contributed by atoms with van der Waals surface area (Å²) >= 11 is 1.33. The molecule has 1 aliphatic rings. The normalized spacial score (nSPS) is 17.6. The molecule has 1 aromatic rings. The summed E-state index contributed by atoms with van der Waals surface area (Å²) in [5.74, 6) is -1.03. The number of piperidine rings is 1. The molecular weight excluding hydrogens is 356 g/mol. The highest BCUT2D eigenvalue weighted by Crippen LogP contribution is 2.29. The molecule has 2 rings (SSSR count). The summed E-state index contributed by atoms with van der Waals surface area (Å²) in [6.45, 7) is 8.17. The molecule has 8 heteroatoms. The second kappa shape index (κ2) is 8.07. The van der Waals surface area contributed by atoms with E-state index >= 15 is 0 Å². The number of hydrogen-bond acceptors (Lipinski definition) is 6. The van der Waals surface area contributed by atoms with Crippen LogP contribution in [0.3, 0.4) is 0 Å². The number of aryl methyl sites for hydroxylation is 1. The van der Waals surface area contributed by atoms with Crippen LogP contribution in [-0.2, 0) is 14.3 Å². The lowest BCUT2D eigenvalue weighted by Crippen LogP contribution is -2.45. The molecule has 7 nitrogen and oxygen atoms in total. The number of nitrogens with one attached hydrogen (secondary N) is 1. The molecule has 1 aliphatic heterocycles. The smallest absolute Gasteiger partial charge is 0.410 e. The fraction of sp³-hybridized carbons (Fsp3) is 0.611. The van der Waals surface area contributed by atoms with Gasteiger partial charge in [-0.3, -0.25) is 4.79 Å². The Morgan fingerprint density at radius 2 is 2.00 bits per heavy atom. The summed E-state index contributed by atoms with van der Waals surface area (Å²) in [4.78, 5) is 39.2. The van der Waals surface area contributed by atoms with Gasteiger partial charge in [-0.05, 0) is 46.6 Å². The SMILES string of the molecule is COC(=O)c1cc(C)sc1NC(=O)C1CCCN(C(=O)OC(C)(C)C)C1. The van der Waals surface area contributed by atoms with Crippen LogP contribution in [0.25, 0.3) is 0 Å². The van der Waals surface area contributed by atoms with Crippen LogP contribution in [0.1, 0.15) is 48.8 Å². The van der Waals surface area contributed by atoms with Crippen molar-refractivity contribution in [3.8, 4) is 0 Å². The molecule has 2 heterocycles. The number of amides is 2. The average molecular weight is 382 g/mol. The first-order valence-corrected chi connectivity index (χ1v) is 9.40. The second-order valence-corrected chi connectivity index (χ2v) is 8.60. The van der Waals surface area contributed by atoms with Crippen molar-refractivity contribution in [2.75, 3.05) is 25.5 Å². The predicted octanol–water partition coefficient (Wildman–Crippen LogP) is 3.43. The third-order valence-corrected chi connectivity index (χ3v) is 4.91. The van der Waals surface area contributed by atoms with Gasteiger partial charge in [0.25, 0.3) is 0 Å². The van der Waals surface area contributed by atoms with Crippen LogP contribution in [0.15, 0.2) is 6.07 Å². The van der Waals surface area contributed by atoms with Crippen LogP contribution < -0.4 is 5.32 Å². The van der Waals surface area contributed by atoms with Crippen molar-refractivity contribution >= 4 is 34.3 Å². The topological polar surface area (TPSA) is 84.9 Å². The molecule has 1 saturated heterocycles. The Hall–Kier alpha value is -2.09. The Balaban J connectivity index is 2.04. The third-order valence-electron chi connectivity index (χ3n) is 3.94. The molecule has 0 aromatic carbocycles. The van der Waals surface area contributed by atoms with Gasteiger partial charge in [0.15, 0.2) is 0 Å². The molecule has 0 spiro atoms. The van der Waals surface area contributed by atoms with E-state index in [1.165, 1.54) is 18.4 Å². The summed E-state index contributed by atoms with van der Waals surface area (Å²) in [6, 6.07) is 1.69. The predicted molar refractivity (Wildman–Crippen MR) is 99.6 cm³/mol. The fourth-order valence-electron chi connectivity index (χ4n) is 2.77. The molecule has 144 valence electrons. The van der Waals surface area contributed by atoms with Crippen LogP contribution in [0, 0.1) is 12.8 Å². The molecule has 1 N–H and O–H groups in total. The zero-order valence-electron chi connectivity index (χ0n) is 15.9. The van der Waals surface area contributed by atoms with Crippen LogP contribution in [-0.4, -0.2) is 48.7 Å². The van der Waals surface area contributed by atoms with Gasteiger partial charge < -0.3 is 19.7 Å². The Kier molecular flexibility index (Phi) is 6.28. The van der Waals surface area contributed by atoms with Crippen LogP contribution in [0.5, 0.6) is 0 Å². The van der Waals surface area contributed by atoms with Gasteiger partial charge in [-0.25, -0.2) is 9.59 Å². The van der Waals surface area contributed by atoms with Crippen molar-refractivity contribution in [1.29, 1.82) is 0 Å². The number of ether oxygens (including phenoxy) is 2. The Morgan fingerprint density at radius 1 is 1.31 bits per heavy atom. The number of nitrogens with zero attached hydrogens (tertiary/aromatic N) is 1. The summed E-state index contributed by atoms with van der Waals surface area (Å²) in [5.41, 5.74) is -0.223. The number of thiophene rings is 1. The summed E-state index contributed by atoms with van der Waals surface area (Å²) in [6.07, 6.45) is 1.01. The molecule has 1 aromatic heterocycles. The Bertz CT molecular complexity index is 692. The van der Waals surface area contributed by atoms with Gasteiger partial charge in [-0.15, -0.1) is 11.3 Å². The second-order valence-electron chi connectivity index (χ2n) is 7.35. The quantitative estimate of drug-likeness (QED) is 0.810. The maximum atomic E-state index is 12.7. The minimum atomic E-state index is -0.573. The number of anilines is 1. The molecule has 0 radical (unpaired) electrons. The van der Waals surface area contributed by atoms with E-state index in [0.29, 0.717) is 30.1 Å². The highest BCUT2D eigenvalue weighted by molar-refractivity contribution is 7.16. The molecule has 2 amide bonds. The first-order chi connectivity index (χ1) is 12.1. The molecule has 1 unspecified atom stereocenters. The Labute approximate surface area is 157 Å². The number of methoxy groups -OCH3 is 1. The minimum absolute atomic E-state index is 0.203. The fourth-order valence-corrected chi connectivity index (χ4v) is 3.67. The van der Waals surface area contributed by atoms with Crippen molar-refractivity contribution in [2.45, 2.75) is 46.1 Å². The molecular formula is C18H26N2O5S. The average Bonchev–Trinajstić information content (AvgIpc) is 2.93. The monoisotopic (exact) mass is 382 g/mol. The van der Waals surface area contributed by atoms with Crippen molar-refractivity contribution in [3.63, 3.8) is 0 Å². The van der Waals surface area contributed by atoms with Crippen LogP contribution >= 0.6 is 11.3 Å². The first kappa shape index (κ1) is 20.2. The van der Waals surface area contributed by atoms with Crippen molar-refractivity contribution < 1.29 is 23.9 Å². The molecule has 0 aliphatic carbocycles. The van der Waals surface area contributed by atoms with Gasteiger partial charge in [-0.2, -0.15) is 0 Å². The number of rotatable bonds is 3. The third kappa shape index (κ3) is 5.20. The van der Waals surface area contributed by atoms with Gasteiger partial charge in [0, 0.05) is 18.0 Å². The molecule has 26 heavy (non-hydrogen) atoms. The van der Waals surface area contributed by atoms with Crippen LogP contribution in [0.4, 0.5) is 9.80 Å². The Morgan fingerprint density at radius 3 is 2.62 bits per heavy atom. The number of carbonyl (C=O) groups excluding carboxylic acids is 3. The number of esters is 1. The zero-order valence-corrected chi connectivity index (χ0v) is 16.7. The molecule has 1 atom stereocenters. The lowest BCUT2D eigenvalue weighted by atomic mass is 9.97. The number of hydrogen-bond donors (Lipinski definition) is 1. The van der Waals surface area contributed by atoms with E-state index in [2.05, 4.69) is 5.32 Å². The van der Waals surface area contributed by atoms with Gasteiger partial charge in [-0.1, -0.05) is 0 Å². The van der Waals surface area contributed by atoms with Gasteiger partial charge >= 0.3 is 12.1 Å². The largest absolute Gasteiger partial charge is 0.465 e. The van der Waals surface area contributed by atoms with E-state index in [4.69, 9.17) is 9.47 Å². The van der Waals surface area contributed by atoms with E-state index in [-0.39, 0.29) is 11.8 Å². The molecule has 1 fully saturated rings. The van der Waals surface area contributed by atoms with E-state index in [1.54, 1.807) is 11.0 Å². The standard InChI is InChI=1S/C18H26N2O5S/c1-11-9-13(16(22)24-5)15(26-11)19-14(21)12-7-6-8-20(10-12)17(23)25-18(2,3)4/h9,12H,6-8,10H2,1-5H3,(H,19,21). The lowest BCUT2D eigenvalue weighted by molar-refractivity contribution is -0.121. The summed E-state index contributed by atoms with van der Waals surface area (Å²) < 4.78 is 10.1. The highest BCUT2D eigenvalue weighted by atomic mass is 32.1. The van der Waals surface area contributed by atoms with Crippen molar-refractivity contribution in [1.82, 2.24) is 4.90 Å². The number of likely N-dealkylation sites (tertiary alicyclic amines) is 1. The van der Waals surface area contributed by atoms with Gasteiger partial charge in [0.05, 0.1) is 18.6 Å². The maximum absolute atomic E-state index is 12.7. The summed E-state index contributed by atoms with van der Waals surface area (Å²) in [7, 11) is 1.31. The lowest BCUT2D eigenvalue weighted by Gasteiger charge is -2.33. The van der Waals surface area contributed by atoms with Crippen molar-refractivity contribution in [2.24, 2.45) is 5.92 Å². The molecule has 0 saturated carbocycles. The van der Waals surface area contributed by atoms with E-state index in [0.717, 1.165) is 11.3 Å². The van der Waals surface area contributed by atoms with Gasteiger partial charge in [0.2, 0.25) is 5.91 Å².